The van der Waals surface area contributed by atoms with Crippen molar-refractivity contribution in [1.29, 1.82) is 0 Å². The van der Waals surface area contributed by atoms with E-state index in [4.69, 9.17) is 0 Å². The zero-order valence-electron chi connectivity index (χ0n) is 11.8. The third kappa shape index (κ3) is 3.07. The van der Waals surface area contributed by atoms with Crippen molar-refractivity contribution in [1.82, 2.24) is 0 Å². The van der Waals surface area contributed by atoms with Gasteiger partial charge in [-0.3, -0.25) is 0 Å². The van der Waals surface area contributed by atoms with Crippen LogP contribution in [0.3, 0.4) is 0 Å². The van der Waals surface area contributed by atoms with Crippen LogP contribution in [-0.2, 0) is 0 Å². The van der Waals surface area contributed by atoms with E-state index in [1.165, 1.54) is 0 Å². The molecule has 3 aromatic rings. The average Bonchev–Trinajstić information content (AvgIpc) is 2.51. The first-order valence-electron chi connectivity index (χ1n) is 7.10. The molecule has 0 fully saturated rings. The number of fused-ring (bicyclic) bond motifs is 3. The van der Waals surface area contributed by atoms with Crippen LogP contribution in [0.1, 0.15) is 24.5 Å². The fourth-order valence-corrected chi connectivity index (χ4v) is 2.71. The van der Waals surface area contributed by atoms with Gasteiger partial charge in [-0.15, -0.1) is 0 Å². The van der Waals surface area contributed by atoms with Gasteiger partial charge in [0.05, 0.1) is 6.10 Å². The Balaban J connectivity index is 1.95. The van der Waals surface area contributed by atoms with Crippen LogP contribution in [0.25, 0.3) is 21.5 Å². The molecule has 0 aromatic heterocycles. The number of halogens is 3. The van der Waals surface area contributed by atoms with Crippen LogP contribution in [0.15, 0.2) is 54.6 Å². The SMILES string of the molecule is OC(CCC(F)(F)F)c1ccc2c(ccc3ccccc32)c1. The molecule has 0 radical (unpaired) electrons. The van der Waals surface area contributed by atoms with Crippen LogP contribution in [-0.4, -0.2) is 11.3 Å². The van der Waals surface area contributed by atoms with E-state index in [-0.39, 0.29) is 6.42 Å². The van der Waals surface area contributed by atoms with Gasteiger partial charge < -0.3 is 5.11 Å². The van der Waals surface area contributed by atoms with Crippen molar-refractivity contribution < 1.29 is 18.3 Å². The quantitative estimate of drug-likeness (QED) is 0.645. The topological polar surface area (TPSA) is 20.2 Å². The van der Waals surface area contributed by atoms with E-state index < -0.39 is 18.7 Å². The molecule has 1 N–H and O–H groups in total. The number of hydrogen-bond acceptors (Lipinski definition) is 1. The van der Waals surface area contributed by atoms with Crippen molar-refractivity contribution in [3.05, 3.63) is 60.2 Å². The number of aliphatic hydroxyl groups excluding tert-OH is 1. The predicted molar refractivity (Wildman–Crippen MR) is 81.7 cm³/mol. The zero-order valence-corrected chi connectivity index (χ0v) is 11.8. The lowest BCUT2D eigenvalue weighted by molar-refractivity contribution is -0.140. The second-order valence-electron chi connectivity index (χ2n) is 5.44. The summed E-state index contributed by atoms with van der Waals surface area (Å²) in [5, 5.41) is 14.1. The van der Waals surface area contributed by atoms with Crippen LogP contribution in [0, 0.1) is 0 Å². The molecule has 0 aliphatic carbocycles. The minimum absolute atomic E-state index is 0.317. The molecule has 3 aromatic carbocycles. The molecule has 0 spiro atoms. The summed E-state index contributed by atoms with van der Waals surface area (Å²) in [6, 6.07) is 17.2. The summed E-state index contributed by atoms with van der Waals surface area (Å²) in [6.45, 7) is 0. The van der Waals surface area contributed by atoms with Gasteiger partial charge in [0.15, 0.2) is 0 Å². The molecule has 3 rings (SSSR count). The lowest BCUT2D eigenvalue weighted by Crippen LogP contribution is -2.10. The molecule has 0 heterocycles. The summed E-state index contributed by atoms with van der Waals surface area (Å²) in [5.41, 5.74) is 0.520. The molecule has 114 valence electrons. The third-order valence-electron chi connectivity index (χ3n) is 3.86. The smallest absolute Gasteiger partial charge is 0.388 e. The first-order chi connectivity index (χ1) is 10.4. The van der Waals surface area contributed by atoms with Gasteiger partial charge in [0.1, 0.15) is 0 Å². The number of hydrogen-bond donors (Lipinski definition) is 1. The molecule has 22 heavy (non-hydrogen) atoms. The Kier molecular flexibility index (Phi) is 3.79. The number of alkyl halides is 3. The van der Waals surface area contributed by atoms with Gasteiger partial charge in [-0.05, 0) is 39.6 Å². The van der Waals surface area contributed by atoms with E-state index in [2.05, 4.69) is 0 Å². The highest BCUT2D eigenvalue weighted by atomic mass is 19.4. The van der Waals surface area contributed by atoms with Gasteiger partial charge in [-0.2, -0.15) is 13.2 Å². The van der Waals surface area contributed by atoms with Crippen LogP contribution < -0.4 is 0 Å². The second-order valence-corrected chi connectivity index (χ2v) is 5.44. The third-order valence-corrected chi connectivity index (χ3v) is 3.86. The number of benzene rings is 3. The Bertz CT molecular complexity index is 808. The Morgan fingerprint density at radius 2 is 1.55 bits per heavy atom. The maximum atomic E-state index is 12.2. The van der Waals surface area contributed by atoms with E-state index in [0.29, 0.717) is 5.56 Å². The Morgan fingerprint density at radius 3 is 2.32 bits per heavy atom. The Hall–Kier alpha value is -2.07. The van der Waals surface area contributed by atoms with Crippen molar-refractivity contribution in [2.24, 2.45) is 0 Å². The van der Waals surface area contributed by atoms with E-state index >= 15 is 0 Å². The minimum Gasteiger partial charge on any atom is -0.388 e. The highest BCUT2D eigenvalue weighted by Gasteiger charge is 2.28. The minimum atomic E-state index is -4.24. The molecule has 0 saturated heterocycles. The van der Waals surface area contributed by atoms with Crippen molar-refractivity contribution >= 4 is 21.5 Å². The molecule has 0 saturated carbocycles. The first-order valence-corrected chi connectivity index (χ1v) is 7.10. The molecule has 0 aliphatic heterocycles. The second kappa shape index (κ2) is 5.61. The lowest BCUT2D eigenvalue weighted by atomic mass is 9.97. The molecule has 0 aliphatic rings. The van der Waals surface area contributed by atoms with E-state index in [9.17, 15) is 18.3 Å². The van der Waals surface area contributed by atoms with Crippen LogP contribution in [0.2, 0.25) is 0 Å². The summed E-state index contributed by atoms with van der Waals surface area (Å²) in [7, 11) is 0. The monoisotopic (exact) mass is 304 g/mol. The maximum Gasteiger partial charge on any atom is 0.389 e. The van der Waals surface area contributed by atoms with Gasteiger partial charge in [-0.25, -0.2) is 0 Å². The van der Waals surface area contributed by atoms with Gasteiger partial charge in [0, 0.05) is 6.42 Å². The Morgan fingerprint density at radius 1 is 0.864 bits per heavy atom. The summed E-state index contributed by atoms with van der Waals surface area (Å²) >= 11 is 0. The lowest BCUT2D eigenvalue weighted by Gasteiger charge is -2.14. The molecule has 1 atom stereocenters. The Labute approximate surface area is 126 Å². The van der Waals surface area contributed by atoms with Crippen molar-refractivity contribution in [3.8, 4) is 0 Å². The van der Waals surface area contributed by atoms with Crippen molar-refractivity contribution in [2.75, 3.05) is 0 Å². The summed E-state index contributed by atoms with van der Waals surface area (Å²) < 4.78 is 36.7. The fraction of sp³-hybridized carbons (Fsp3) is 0.222. The summed E-state index contributed by atoms with van der Waals surface area (Å²) in [5.74, 6) is 0. The van der Waals surface area contributed by atoms with Gasteiger partial charge in [-0.1, -0.05) is 48.5 Å². The molecule has 0 amide bonds. The molecular weight excluding hydrogens is 289 g/mol. The molecule has 1 nitrogen and oxygen atoms in total. The summed E-state index contributed by atoms with van der Waals surface area (Å²) in [4.78, 5) is 0. The maximum absolute atomic E-state index is 12.2. The first kappa shape index (κ1) is 14.9. The molecule has 1 unspecified atom stereocenters. The van der Waals surface area contributed by atoms with Gasteiger partial charge in [0.2, 0.25) is 0 Å². The summed E-state index contributed by atoms with van der Waals surface area (Å²) in [6.07, 6.45) is -6.64. The van der Waals surface area contributed by atoms with E-state index in [0.717, 1.165) is 21.5 Å². The largest absolute Gasteiger partial charge is 0.389 e. The predicted octanol–water partition coefficient (Wildman–Crippen LogP) is 5.37. The average molecular weight is 304 g/mol. The van der Waals surface area contributed by atoms with Crippen LogP contribution >= 0.6 is 0 Å². The zero-order chi connectivity index (χ0) is 15.7. The fourth-order valence-electron chi connectivity index (χ4n) is 2.71. The number of rotatable bonds is 3. The highest BCUT2D eigenvalue weighted by molar-refractivity contribution is 6.07. The highest BCUT2D eigenvalue weighted by Crippen LogP contribution is 2.31. The molecular formula is C18H15F3O. The standard InChI is InChI=1S/C18H15F3O/c19-18(20,21)10-9-17(22)14-7-8-16-13(11-14)6-5-12-3-1-2-4-15(12)16/h1-8,11,17,22H,9-10H2. The van der Waals surface area contributed by atoms with Gasteiger partial charge in [0.25, 0.3) is 0 Å². The normalized spacial score (nSPS) is 13.6. The van der Waals surface area contributed by atoms with Crippen LogP contribution in [0.5, 0.6) is 0 Å². The van der Waals surface area contributed by atoms with Crippen LogP contribution in [0.4, 0.5) is 13.2 Å². The van der Waals surface area contributed by atoms with Crippen molar-refractivity contribution in [3.63, 3.8) is 0 Å². The van der Waals surface area contributed by atoms with E-state index in [1.54, 1.807) is 12.1 Å². The molecule has 4 heteroatoms. The van der Waals surface area contributed by atoms with E-state index in [1.807, 2.05) is 42.5 Å². The van der Waals surface area contributed by atoms with Gasteiger partial charge >= 0.3 is 6.18 Å². The molecule has 0 bridgehead atoms. The van der Waals surface area contributed by atoms with Crippen molar-refractivity contribution in [2.45, 2.75) is 25.1 Å². The number of aliphatic hydroxyl groups is 1.